The van der Waals surface area contributed by atoms with Gasteiger partial charge in [0.1, 0.15) is 11.6 Å². The summed E-state index contributed by atoms with van der Waals surface area (Å²) in [4.78, 5) is 30.1. The first-order valence-electron chi connectivity index (χ1n) is 14.9. The summed E-state index contributed by atoms with van der Waals surface area (Å²) in [5.41, 5.74) is 5.00. The van der Waals surface area contributed by atoms with Crippen molar-refractivity contribution in [3.63, 3.8) is 0 Å². The molecule has 2 amide bonds. The third kappa shape index (κ3) is 5.72. The monoisotopic (exact) mass is 577 g/mol. The summed E-state index contributed by atoms with van der Waals surface area (Å²) in [5.74, 6) is -1.87. The summed E-state index contributed by atoms with van der Waals surface area (Å²) in [6, 6.07) is 24.8. The molecular formula is C36H36FN3O3. The van der Waals surface area contributed by atoms with E-state index in [1.165, 1.54) is 18.9 Å². The Balaban J connectivity index is 1.44. The number of fused-ring (bicyclic) bond motifs is 1. The second kappa shape index (κ2) is 11.9. The standard InChI is InChI=1S/C36H36FN3O3/c1-22-8-7-12-30(37)33(22)36(43)40-31-13-6-3-9-25(31)21-29(35(42)39-28-18-19-32(41)23(2)20-28)34(40)24-14-16-27(17-15-24)38-26-10-4-5-11-26/h3,6-9,12-20,26,29,34,38,41H,4-5,10-11,21H2,1-2H3,(H,39,42)/t29-,34-/m0/s1. The number of nitrogens with one attached hydrogen (secondary N) is 2. The van der Waals surface area contributed by atoms with Crippen LogP contribution in [0.15, 0.2) is 84.9 Å². The highest BCUT2D eigenvalue weighted by atomic mass is 19.1. The van der Waals surface area contributed by atoms with E-state index in [0.29, 0.717) is 35.0 Å². The fourth-order valence-electron chi connectivity index (χ4n) is 6.52. The minimum Gasteiger partial charge on any atom is -0.508 e. The van der Waals surface area contributed by atoms with E-state index in [9.17, 15) is 14.7 Å². The Kier molecular flexibility index (Phi) is 7.89. The van der Waals surface area contributed by atoms with Crippen LogP contribution in [-0.4, -0.2) is 23.0 Å². The van der Waals surface area contributed by atoms with Gasteiger partial charge in [0.25, 0.3) is 5.91 Å². The first-order chi connectivity index (χ1) is 20.8. The first-order valence-corrected chi connectivity index (χ1v) is 14.9. The van der Waals surface area contributed by atoms with Gasteiger partial charge in [-0.05, 0) is 97.8 Å². The second-order valence-electron chi connectivity index (χ2n) is 11.7. The number of phenols is 1. The summed E-state index contributed by atoms with van der Waals surface area (Å²) in [6.45, 7) is 3.49. The van der Waals surface area contributed by atoms with Crippen molar-refractivity contribution >= 4 is 28.9 Å². The van der Waals surface area contributed by atoms with E-state index >= 15 is 4.39 Å². The van der Waals surface area contributed by atoms with Crippen LogP contribution in [-0.2, 0) is 11.2 Å². The maximum atomic E-state index is 15.3. The van der Waals surface area contributed by atoms with Gasteiger partial charge in [0.05, 0.1) is 17.5 Å². The van der Waals surface area contributed by atoms with Crippen LogP contribution in [0.4, 0.5) is 21.5 Å². The number of carbonyl (C=O) groups is 2. The molecule has 0 radical (unpaired) electrons. The normalized spacial score (nSPS) is 18.3. The molecule has 0 bridgehead atoms. The van der Waals surface area contributed by atoms with Gasteiger partial charge < -0.3 is 15.7 Å². The van der Waals surface area contributed by atoms with Crippen LogP contribution in [0.25, 0.3) is 0 Å². The van der Waals surface area contributed by atoms with Crippen LogP contribution < -0.4 is 15.5 Å². The molecule has 7 heteroatoms. The molecule has 2 aliphatic rings. The van der Waals surface area contributed by atoms with E-state index in [4.69, 9.17) is 0 Å². The van der Waals surface area contributed by atoms with E-state index in [2.05, 4.69) is 10.6 Å². The Morgan fingerprint density at radius 3 is 2.30 bits per heavy atom. The second-order valence-corrected chi connectivity index (χ2v) is 11.7. The molecule has 0 unspecified atom stereocenters. The molecule has 1 saturated carbocycles. The minimum absolute atomic E-state index is 0.00274. The lowest BCUT2D eigenvalue weighted by Gasteiger charge is -2.42. The number of hydrogen-bond donors (Lipinski definition) is 3. The highest BCUT2D eigenvalue weighted by molar-refractivity contribution is 6.09. The number of phenolic OH excluding ortho intramolecular Hbond substituents is 1. The molecule has 1 aliphatic heterocycles. The molecule has 1 aliphatic carbocycles. The number of para-hydroxylation sites is 1. The predicted octanol–water partition coefficient (Wildman–Crippen LogP) is 7.70. The smallest absolute Gasteiger partial charge is 0.262 e. The Bertz CT molecular complexity index is 1640. The lowest BCUT2D eigenvalue weighted by atomic mass is 9.80. The summed E-state index contributed by atoms with van der Waals surface area (Å²) >= 11 is 0. The van der Waals surface area contributed by atoms with Gasteiger partial charge in [0.2, 0.25) is 5.91 Å². The topological polar surface area (TPSA) is 81.7 Å². The molecule has 3 N–H and O–H groups in total. The zero-order valence-corrected chi connectivity index (χ0v) is 24.4. The Morgan fingerprint density at radius 1 is 0.860 bits per heavy atom. The van der Waals surface area contributed by atoms with Crippen molar-refractivity contribution in [2.24, 2.45) is 5.92 Å². The predicted molar refractivity (Wildman–Crippen MR) is 168 cm³/mol. The zero-order chi connectivity index (χ0) is 30.1. The van der Waals surface area contributed by atoms with E-state index in [-0.39, 0.29) is 17.2 Å². The number of anilines is 3. The third-order valence-electron chi connectivity index (χ3n) is 8.78. The Labute approximate surface area is 251 Å². The summed E-state index contributed by atoms with van der Waals surface area (Å²) in [6.07, 6.45) is 5.13. The van der Waals surface area contributed by atoms with Gasteiger partial charge in [-0.15, -0.1) is 0 Å². The maximum absolute atomic E-state index is 15.3. The van der Waals surface area contributed by atoms with Gasteiger partial charge >= 0.3 is 0 Å². The van der Waals surface area contributed by atoms with E-state index < -0.39 is 23.7 Å². The molecule has 6 rings (SSSR count). The molecule has 4 aromatic rings. The van der Waals surface area contributed by atoms with Crippen LogP contribution in [0.3, 0.4) is 0 Å². The van der Waals surface area contributed by atoms with Gasteiger partial charge in [-0.1, -0.05) is 55.3 Å². The number of nitrogens with zero attached hydrogens (tertiary/aromatic N) is 1. The Hall–Kier alpha value is -4.65. The van der Waals surface area contributed by atoms with Crippen LogP contribution >= 0.6 is 0 Å². The SMILES string of the molecule is Cc1cc(NC(=O)[C@H]2Cc3ccccc3N(C(=O)c3c(C)cccc3F)[C@H]2c2ccc(NC3CCCC3)cc2)ccc1O. The average molecular weight is 578 g/mol. The van der Waals surface area contributed by atoms with Crippen molar-refractivity contribution in [1.82, 2.24) is 0 Å². The van der Waals surface area contributed by atoms with Crippen molar-refractivity contribution in [1.29, 1.82) is 0 Å². The van der Waals surface area contributed by atoms with E-state index in [0.717, 1.165) is 29.7 Å². The zero-order valence-electron chi connectivity index (χ0n) is 24.4. The largest absolute Gasteiger partial charge is 0.508 e. The van der Waals surface area contributed by atoms with Crippen LogP contribution in [0.1, 0.15) is 64.3 Å². The highest BCUT2D eigenvalue weighted by Gasteiger charge is 2.43. The fraction of sp³-hybridized carbons (Fsp3) is 0.278. The minimum atomic E-state index is -0.694. The van der Waals surface area contributed by atoms with Gasteiger partial charge in [-0.2, -0.15) is 0 Å². The molecule has 1 fully saturated rings. The molecule has 43 heavy (non-hydrogen) atoms. The van der Waals surface area contributed by atoms with Crippen molar-refractivity contribution in [3.8, 4) is 5.75 Å². The van der Waals surface area contributed by atoms with Crippen molar-refractivity contribution in [2.75, 3.05) is 15.5 Å². The number of amides is 2. The Morgan fingerprint density at radius 2 is 1.58 bits per heavy atom. The van der Waals surface area contributed by atoms with Crippen LogP contribution in [0.2, 0.25) is 0 Å². The molecular weight excluding hydrogens is 541 g/mol. The lowest BCUT2D eigenvalue weighted by molar-refractivity contribution is -0.120. The van der Waals surface area contributed by atoms with Gasteiger partial charge in [0.15, 0.2) is 0 Å². The van der Waals surface area contributed by atoms with E-state index in [1.807, 2.05) is 48.5 Å². The molecule has 0 spiro atoms. The van der Waals surface area contributed by atoms with Crippen molar-refractivity contribution in [2.45, 2.75) is 58.0 Å². The number of carbonyl (C=O) groups excluding carboxylic acids is 2. The molecule has 1 heterocycles. The summed E-state index contributed by atoms with van der Waals surface area (Å²) in [7, 11) is 0. The quantitative estimate of drug-likeness (QED) is 0.205. The van der Waals surface area contributed by atoms with Crippen LogP contribution in [0.5, 0.6) is 5.75 Å². The molecule has 220 valence electrons. The fourth-order valence-corrected chi connectivity index (χ4v) is 6.52. The van der Waals surface area contributed by atoms with Crippen molar-refractivity contribution in [3.05, 3.63) is 119 Å². The average Bonchev–Trinajstić information content (AvgIpc) is 3.51. The van der Waals surface area contributed by atoms with E-state index in [1.54, 1.807) is 49.1 Å². The van der Waals surface area contributed by atoms with Crippen molar-refractivity contribution < 1.29 is 19.1 Å². The number of rotatable bonds is 6. The summed E-state index contributed by atoms with van der Waals surface area (Å²) in [5, 5.41) is 16.6. The molecule has 0 aromatic heterocycles. The van der Waals surface area contributed by atoms with Gasteiger partial charge in [0, 0.05) is 23.1 Å². The molecule has 6 nitrogen and oxygen atoms in total. The van der Waals surface area contributed by atoms with Crippen LogP contribution in [0, 0.1) is 25.6 Å². The van der Waals surface area contributed by atoms with Gasteiger partial charge in [-0.3, -0.25) is 14.5 Å². The van der Waals surface area contributed by atoms with Gasteiger partial charge in [-0.25, -0.2) is 4.39 Å². The molecule has 2 atom stereocenters. The third-order valence-corrected chi connectivity index (χ3v) is 8.78. The maximum Gasteiger partial charge on any atom is 0.262 e. The number of aryl methyl sites for hydroxylation is 2. The first kappa shape index (κ1) is 28.5. The molecule has 0 saturated heterocycles. The summed E-state index contributed by atoms with van der Waals surface area (Å²) < 4.78 is 15.3. The number of benzene rings is 4. The number of hydrogen-bond acceptors (Lipinski definition) is 4. The number of halogens is 1. The number of aromatic hydroxyl groups is 1. The lowest BCUT2D eigenvalue weighted by Crippen LogP contribution is -2.47. The highest BCUT2D eigenvalue weighted by Crippen LogP contribution is 2.44. The molecule has 4 aromatic carbocycles.